The highest BCUT2D eigenvalue weighted by molar-refractivity contribution is 5.94. The van der Waals surface area contributed by atoms with Gasteiger partial charge in [0.05, 0.1) is 6.04 Å². The largest absolute Gasteiger partial charge is 0.484 e. The summed E-state index contributed by atoms with van der Waals surface area (Å²) in [7, 11) is 3.33. The topological polar surface area (TPSA) is 84.7 Å². The van der Waals surface area contributed by atoms with Crippen LogP contribution in [0, 0.1) is 0 Å². The Bertz CT molecular complexity index is 447. The number of carbonyl (C=O) groups is 2. The molecule has 1 aromatic carbocycles. The fraction of sp³-hybridized carbons (Fsp3) is 0.385. The highest BCUT2D eigenvalue weighted by Gasteiger charge is 2.08. The first-order chi connectivity index (χ1) is 8.90. The standard InChI is InChI=1S/C13H19N3O3.ClH/c1-9(14)13(18)15-10-4-6-11(7-5-10)19-8-12(17)16(2)3;/h4-7,9H,8,14H2,1-3H3,(H,15,18);1H. The first kappa shape index (κ1) is 18.2. The highest BCUT2D eigenvalue weighted by atomic mass is 35.5. The molecule has 0 radical (unpaired) electrons. The number of hydrogen-bond acceptors (Lipinski definition) is 4. The molecule has 1 unspecified atom stereocenters. The number of nitrogens with two attached hydrogens (primary N) is 1. The molecule has 6 nitrogen and oxygen atoms in total. The second-order valence-corrected chi connectivity index (χ2v) is 4.38. The molecule has 0 aliphatic heterocycles. The van der Waals surface area contributed by atoms with Gasteiger partial charge in [-0.2, -0.15) is 0 Å². The maximum atomic E-state index is 11.4. The number of hydrogen-bond donors (Lipinski definition) is 2. The van der Waals surface area contributed by atoms with Gasteiger partial charge in [-0.25, -0.2) is 0 Å². The number of amides is 2. The van der Waals surface area contributed by atoms with Gasteiger partial charge in [-0.15, -0.1) is 12.4 Å². The number of rotatable bonds is 5. The zero-order valence-electron chi connectivity index (χ0n) is 11.8. The summed E-state index contributed by atoms with van der Waals surface area (Å²) in [6.45, 7) is 1.60. The first-order valence-corrected chi connectivity index (χ1v) is 5.89. The van der Waals surface area contributed by atoms with Crippen molar-refractivity contribution < 1.29 is 14.3 Å². The van der Waals surface area contributed by atoms with Crippen LogP contribution in [0.25, 0.3) is 0 Å². The lowest BCUT2D eigenvalue weighted by atomic mass is 10.2. The summed E-state index contributed by atoms with van der Waals surface area (Å²) >= 11 is 0. The molecule has 1 aromatic rings. The maximum Gasteiger partial charge on any atom is 0.259 e. The van der Waals surface area contributed by atoms with E-state index in [9.17, 15) is 9.59 Å². The van der Waals surface area contributed by atoms with Crippen molar-refractivity contribution in [1.29, 1.82) is 0 Å². The number of carbonyl (C=O) groups excluding carboxylic acids is 2. The van der Waals surface area contributed by atoms with E-state index in [4.69, 9.17) is 10.5 Å². The van der Waals surface area contributed by atoms with Gasteiger partial charge in [0.1, 0.15) is 5.75 Å². The molecule has 1 atom stereocenters. The average molecular weight is 302 g/mol. The summed E-state index contributed by atoms with van der Waals surface area (Å²) in [6.07, 6.45) is 0. The van der Waals surface area contributed by atoms with Gasteiger partial charge in [0, 0.05) is 19.8 Å². The van der Waals surface area contributed by atoms with Crippen molar-refractivity contribution in [1.82, 2.24) is 4.90 Å². The molecular weight excluding hydrogens is 282 g/mol. The molecule has 0 heterocycles. The van der Waals surface area contributed by atoms with Gasteiger partial charge in [0.15, 0.2) is 6.61 Å². The molecule has 0 fully saturated rings. The Labute approximate surface area is 124 Å². The quantitative estimate of drug-likeness (QED) is 0.845. The Morgan fingerprint density at radius 3 is 2.30 bits per heavy atom. The minimum atomic E-state index is -0.561. The van der Waals surface area contributed by atoms with Gasteiger partial charge in [-0.05, 0) is 31.2 Å². The lowest BCUT2D eigenvalue weighted by Gasteiger charge is -2.12. The fourth-order valence-electron chi connectivity index (χ4n) is 1.16. The lowest BCUT2D eigenvalue weighted by molar-refractivity contribution is -0.130. The number of halogens is 1. The third-order valence-electron chi connectivity index (χ3n) is 2.40. The van der Waals surface area contributed by atoms with Crippen molar-refractivity contribution in [2.24, 2.45) is 5.73 Å². The van der Waals surface area contributed by atoms with Crippen LogP contribution < -0.4 is 15.8 Å². The fourth-order valence-corrected chi connectivity index (χ4v) is 1.16. The van der Waals surface area contributed by atoms with E-state index in [1.165, 1.54) is 4.90 Å². The molecule has 0 bridgehead atoms. The number of benzene rings is 1. The van der Waals surface area contributed by atoms with Gasteiger partial charge >= 0.3 is 0 Å². The summed E-state index contributed by atoms with van der Waals surface area (Å²) in [5.41, 5.74) is 6.08. The predicted molar refractivity (Wildman–Crippen MR) is 80.2 cm³/mol. The molecule has 0 aliphatic carbocycles. The van der Waals surface area contributed by atoms with Crippen molar-refractivity contribution in [2.75, 3.05) is 26.0 Å². The normalized spacial score (nSPS) is 11.0. The van der Waals surface area contributed by atoms with Crippen molar-refractivity contribution >= 4 is 29.9 Å². The van der Waals surface area contributed by atoms with E-state index in [0.29, 0.717) is 11.4 Å². The minimum Gasteiger partial charge on any atom is -0.484 e. The Hall–Kier alpha value is -1.79. The van der Waals surface area contributed by atoms with E-state index >= 15 is 0 Å². The molecule has 0 aromatic heterocycles. The van der Waals surface area contributed by atoms with E-state index in [0.717, 1.165) is 0 Å². The lowest BCUT2D eigenvalue weighted by Crippen LogP contribution is -2.32. The maximum absolute atomic E-state index is 11.4. The number of nitrogens with one attached hydrogen (secondary N) is 1. The summed E-state index contributed by atoms with van der Waals surface area (Å²) < 4.78 is 5.31. The monoisotopic (exact) mass is 301 g/mol. The van der Waals surface area contributed by atoms with Crippen LogP contribution in [0.4, 0.5) is 5.69 Å². The molecule has 20 heavy (non-hydrogen) atoms. The van der Waals surface area contributed by atoms with E-state index in [1.54, 1.807) is 45.3 Å². The minimum absolute atomic E-state index is 0. The summed E-state index contributed by atoms with van der Waals surface area (Å²) in [4.78, 5) is 24.2. The molecule has 1 rings (SSSR count). The second-order valence-electron chi connectivity index (χ2n) is 4.38. The average Bonchev–Trinajstić information content (AvgIpc) is 2.37. The molecule has 0 saturated heterocycles. The van der Waals surface area contributed by atoms with Crippen LogP contribution in [0.1, 0.15) is 6.92 Å². The van der Waals surface area contributed by atoms with Crippen molar-refractivity contribution in [3.8, 4) is 5.75 Å². The molecule has 0 aliphatic rings. The zero-order chi connectivity index (χ0) is 14.4. The molecule has 7 heteroatoms. The predicted octanol–water partition coefficient (Wildman–Crippen LogP) is 0.861. The van der Waals surface area contributed by atoms with Crippen LogP contribution in [0.5, 0.6) is 5.75 Å². The Morgan fingerprint density at radius 1 is 1.30 bits per heavy atom. The van der Waals surface area contributed by atoms with Crippen LogP contribution in [-0.2, 0) is 9.59 Å². The smallest absolute Gasteiger partial charge is 0.259 e. The Morgan fingerprint density at radius 2 is 1.85 bits per heavy atom. The van der Waals surface area contributed by atoms with Gasteiger partial charge in [0.25, 0.3) is 5.91 Å². The molecule has 112 valence electrons. The van der Waals surface area contributed by atoms with Crippen LogP contribution in [0.3, 0.4) is 0 Å². The summed E-state index contributed by atoms with van der Waals surface area (Å²) in [5, 5.41) is 2.66. The number of ether oxygens (including phenoxy) is 1. The number of likely N-dealkylation sites (N-methyl/N-ethyl adjacent to an activating group) is 1. The van der Waals surface area contributed by atoms with Crippen LogP contribution >= 0.6 is 12.4 Å². The van der Waals surface area contributed by atoms with Gasteiger partial charge in [-0.1, -0.05) is 0 Å². The van der Waals surface area contributed by atoms with Gasteiger partial charge < -0.3 is 20.7 Å². The molecule has 0 saturated carbocycles. The van der Waals surface area contributed by atoms with E-state index in [-0.39, 0.29) is 30.8 Å². The first-order valence-electron chi connectivity index (χ1n) is 5.89. The van der Waals surface area contributed by atoms with Crippen molar-refractivity contribution in [3.05, 3.63) is 24.3 Å². The second kappa shape index (κ2) is 8.39. The van der Waals surface area contributed by atoms with Crippen LogP contribution in [-0.4, -0.2) is 43.5 Å². The molecule has 2 amide bonds. The van der Waals surface area contributed by atoms with E-state index < -0.39 is 6.04 Å². The summed E-state index contributed by atoms with van der Waals surface area (Å²) in [6, 6.07) is 6.18. The van der Waals surface area contributed by atoms with E-state index in [1.807, 2.05) is 0 Å². The van der Waals surface area contributed by atoms with Crippen LogP contribution in [0.2, 0.25) is 0 Å². The third-order valence-corrected chi connectivity index (χ3v) is 2.40. The SMILES string of the molecule is CC(N)C(=O)Nc1ccc(OCC(=O)N(C)C)cc1.Cl. The third kappa shape index (κ3) is 5.90. The van der Waals surface area contributed by atoms with E-state index in [2.05, 4.69) is 5.32 Å². The number of nitrogens with zero attached hydrogens (tertiary/aromatic N) is 1. The molecule has 3 N–H and O–H groups in total. The van der Waals surface area contributed by atoms with Crippen LogP contribution in [0.15, 0.2) is 24.3 Å². The van der Waals surface area contributed by atoms with Gasteiger partial charge in [0.2, 0.25) is 5.91 Å². The Balaban J connectivity index is 0.00000361. The van der Waals surface area contributed by atoms with Crippen molar-refractivity contribution in [2.45, 2.75) is 13.0 Å². The summed E-state index contributed by atoms with van der Waals surface area (Å²) in [5.74, 6) is 0.194. The Kier molecular flexibility index (Phi) is 7.64. The zero-order valence-corrected chi connectivity index (χ0v) is 12.6. The highest BCUT2D eigenvalue weighted by Crippen LogP contribution is 2.15. The van der Waals surface area contributed by atoms with Crippen molar-refractivity contribution in [3.63, 3.8) is 0 Å². The van der Waals surface area contributed by atoms with Gasteiger partial charge in [-0.3, -0.25) is 9.59 Å². The molecular formula is C13H20ClN3O3. The molecule has 0 spiro atoms. The number of anilines is 1.